The molecule has 0 bridgehead atoms. The fraction of sp³-hybridized carbons (Fsp3) is 0.385. The molecule has 94 valence electrons. The molecule has 1 fully saturated rings. The highest BCUT2D eigenvalue weighted by atomic mass is 16.4. The van der Waals surface area contributed by atoms with Gasteiger partial charge in [-0.15, -0.1) is 0 Å². The van der Waals surface area contributed by atoms with Crippen LogP contribution in [0.1, 0.15) is 24.3 Å². The van der Waals surface area contributed by atoms with Crippen molar-refractivity contribution in [3.63, 3.8) is 0 Å². The van der Waals surface area contributed by atoms with Gasteiger partial charge < -0.3 is 9.73 Å². The molecule has 1 aliphatic rings. The van der Waals surface area contributed by atoms with Gasteiger partial charge in [-0.25, -0.2) is 4.79 Å². The van der Waals surface area contributed by atoms with Gasteiger partial charge in [0.15, 0.2) is 5.58 Å². The lowest BCUT2D eigenvalue weighted by Gasteiger charge is -2.22. The van der Waals surface area contributed by atoms with Crippen molar-refractivity contribution in [1.82, 2.24) is 9.88 Å². The van der Waals surface area contributed by atoms with E-state index >= 15 is 0 Å². The molecule has 0 spiro atoms. The highest BCUT2D eigenvalue weighted by molar-refractivity contribution is 5.78. The molecule has 1 aromatic heterocycles. The van der Waals surface area contributed by atoms with Gasteiger partial charge in [-0.05, 0) is 30.0 Å². The smallest absolute Gasteiger partial charge is 0.408 e. The predicted octanol–water partition coefficient (Wildman–Crippen LogP) is 1.13. The Morgan fingerprint density at radius 1 is 1.39 bits per heavy atom. The standard InChI is InChI=1S/C13H14N2O3/c1-15-10-3-2-8(6-11(10)18-13(15)17)9-4-5-14-12(16)7-9/h2-3,6,9H,4-5,7H2,1H3,(H,14,16). The number of rotatable bonds is 1. The van der Waals surface area contributed by atoms with Crippen LogP contribution in [-0.4, -0.2) is 17.0 Å². The third kappa shape index (κ3) is 1.72. The molecule has 0 aliphatic carbocycles. The van der Waals surface area contributed by atoms with Crippen molar-refractivity contribution in [2.75, 3.05) is 6.54 Å². The number of hydrogen-bond donors (Lipinski definition) is 1. The number of oxazole rings is 1. The van der Waals surface area contributed by atoms with E-state index in [9.17, 15) is 9.59 Å². The maximum Gasteiger partial charge on any atom is 0.419 e. The van der Waals surface area contributed by atoms with Crippen molar-refractivity contribution in [3.8, 4) is 0 Å². The van der Waals surface area contributed by atoms with Gasteiger partial charge in [0.05, 0.1) is 5.52 Å². The molecule has 1 amide bonds. The summed E-state index contributed by atoms with van der Waals surface area (Å²) in [5.74, 6) is -0.0574. The third-order valence-electron chi connectivity index (χ3n) is 3.53. The molecule has 1 aromatic carbocycles. The molecule has 3 rings (SSSR count). The van der Waals surface area contributed by atoms with E-state index in [1.54, 1.807) is 7.05 Å². The third-order valence-corrected chi connectivity index (χ3v) is 3.53. The molecular formula is C13H14N2O3. The summed E-state index contributed by atoms with van der Waals surface area (Å²) >= 11 is 0. The van der Waals surface area contributed by atoms with Crippen LogP contribution in [0.4, 0.5) is 0 Å². The van der Waals surface area contributed by atoms with Crippen LogP contribution in [0.15, 0.2) is 27.4 Å². The SMILES string of the molecule is Cn1c(=O)oc2cc(C3CCNC(=O)C3)ccc21. The van der Waals surface area contributed by atoms with Crippen molar-refractivity contribution in [2.45, 2.75) is 18.8 Å². The Kier molecular flexibility index (Phi) is 2.47. The molecule has 1 unspecified atom stereocenters. The fourth-order valence-electron chi connectivity index (χ4n) is 2.47. The Morgan fingerprint density at radius 3 is 3.00 bits per heavy atom. The number of aryl methyl sites for hydroxylation is 1. The van der Waals surface area contributed by atoms with Crippen LogP contribution >= 0.6 is 0 Å². The summed E-state index contributed by atoms with van der Waals surface area (Å²) in [4.78, 5) is 22.8. The Morgan fingerprint density at radius 2 is 2.22 bits per heavy atom. The quantitative estimate of drug-likeness (QED) is 0.820. The van der Waals surface area contributed by atoms with E-state index in [1.165, 1.54) is 4.57 Å². The van der Waals surface area contributed by atoms with Crippen LogP contribution in [0.25, 0.3) is 11.1 Å². The zero-order valence-corrected chi connectivity index (χ0v) is 10.1. The average Bonchev–Trinajstić information content (AvgIpc) is 2.65. The van der Waals surface area contributed by atoms with Crippen LogP contribution in [0, 0.1) is 0 Å². The molecule has 2 heterocycles. The van der Waals surface area contributed by atoms with Crippen molar-refractivity contribution >= 4 is 17.0 Å². The number of nitrogens with zero attached hydrogens (tertiary/aromatic N) is 1. The molecule has 0 radical (unpaired) electrons. The monoisotopic (exact) mass is 246 g/mol. The maximum atomic E-state index is 11.4. The highest BCUT2D eigenvalue weighted by Gasteiger charge is 2.21. The summed E-state index contributed by atoms with van der Waals surface area (Å²) in [5.41, 5.74) is 2.43. The number of hydrogen-bond acceptors (Lipinski definition) is 3. The molecule has 1 N–H and O–H groups in total. The Hall–Kier alpha value is -2.04. The number of carbonyl (C=O) groups is 1. The number of carbonyl (C=O) groups excluding carboxylic acids is 1. The summed E-state index contributed by atoms with van der Waals surface area (Å²) in [6, 6.07) is 5.72. The van der Waals surface area contributed by atoms with Crippen molar-refractivity contribution in [2.24, 2.45) is 7.05 Å². The summed E-state index contributed by atoms with van der Waals surface area (Å²) in [7, 11) is 1.68. The van der Waals surface area contributed by atoms with Gasteiger partial charge in [-0.2, -0.15) is 0 Å². The van der Waals surface area contributed by atoms with E-state index in [0.29, 0.717) is 18.5 Å². The minimum atomic E-state index is -0.358. The van der Waals surface area contributed by atoms with E-state index < -0.39 is 0 Å². The van der Waals surface area contributed by atoms with Crippen molar-refractivity contribution < 1.29 is 9.21 Å². The maximum absolute atomic E-state index is 11.4. The molecule has 18 heavy (non-hydrogen) atoms. The minimum Gasteiger partial charge on any atom is -0.408 e. The first kappa shape index (κ1) is 11.1. The lowest BCUT2D eigenvalue weighted by atomic mass is 9.90. The lowest BCUT2D eigenvalue weighted by molar-refractivity contribution is -0.122. The summed E-state index contributed by atoms with van der Waals surface area (Å²) in [5, 5.41) is 2.82. The minimum absolute atomic E-state index is 0.0841. The predicted molar refractivity (Wildman–Crippen MR) is 66.4 cm³/mol. The summed E-state index contributed by atoms with van der Waals surface area (Å²) < 4.78 is 6.64. The largest absolute Gasteiger partial charge is 0.419 e. The second-order valence-corrected chi connectivity index (χ2v) is 4.69. The number of aromatic nitrogens is 1. The van der Waals surface area contributed by atoms with Crippen molar-refractivity contribution in [3.05, 3.63) is 34.3 Å². The van der Waals surface area contributed by atoms with E-state index in [4.69, 9.17) is 4.42 Å². The lowest BCUT2D eigenvalue weighted by Crippen LogP contribution is -2.32. The van der Waals surface area contributed by atoms with Crippen LogP contribution in [-0.2, 0) is 11.8 Å². The normalized spacial score (nSPS) is 20.1. The van der Waals surface area contributed by atoms with Gasteiger partial charge in [0.2, 0.25) is 5.91 Å². The highest BCUT2D eigenvalue weighted by Crippen LogP contribution is 2.27. The van der Waals surface area contributed by atoms with E-state index in [2.05, 4.69) is 5.32 Å². The molecule has 1 atom stereocenters. The fourth-order valence-corrected chi connectivity index (χ4v) is 2.47. The topological polar surface area (TPSA) is 64.2 Å². The number of fused-ring (bicyclic) bond motifs is 1. The molecule has 0 saturated carbocycles. The van der Waals surface area contributed by atoms with E-state index in [0.717, 1.165) is 17.5 Å². The van der Waals surface area contributed by atoms with Crippen LogP contribution in [0.3, 0.4) is 0 Å². The summed E-state index contributed by atoms with van der Waals surface area (Å²) in [6.45, 7) is 0.709. The number of amides is 1. The van der Waals surface area contributed by atoms with Gasteiger partial charge in [0.25, 0.3) is 0 Å². The van der Waals surface area contributed by atoms with Crippen LogP contribution in [0.5, 0.6) is 0 Å². The molecular weight excluding hydrogens is 232 g/mol. The van der Waals surface area contributed by atoms with Gasteiger partial charge in [0.1, 0.15) is 0 Å². The number of piperidine rings is 1. The molecule has 1 saturated heterocycles. The Bertz CT molecular complexity index is 668. The first-order valence-corrected chi connectivity index (χ1v) is 6.01. The number of benzene rings is 1. The van der Waals surface area contributed by atoms with Crippen LogP contribution < -0.4 is 11.1 Å². The van der Waals surface area contributed by atoms with Gasteiger partial charge in [0, 0.05) is 20.0 Å². The second-order valence-electron chi connectivity index (χ2n) is 4.69. The van der Waals surface area contributed by atoms with E-state index in [-0.39, 0.29) is 17.6 Å². The average molecular weight is 246 g/mol. The second kappa shape index (κ2) is 4.01. The summed E-state index contributed by atoms with van der Waals surface area (Å²) in [6.07, 6.45) is 1.43. The number of nitrogens with one attached hydrogen (secondary N) is 1. The molecule has 5 nitrogen and oxygen atoms in total. The van der Waals surface area contributed by atoms with Gasteiger partial charge >= 0.3 is 5.76 Å². The van der Waals surface area contributed by atoms with Gasteiger partial charge in [-0.1, -0.05) is 6.07 Å². The molecule has 2 aromatic rings. The van der Waals surface area contributed by atoms with E-state index in [1.807, 2.05) is 18.2 Å². The zero-order chi connectivity index (χ0) is 12.7. The van der Waals surface area contributed by atoms with Crippen molar-refractivity contribution in [1.29, 1.82) is 0 Å². The molecule has 1 aliphatic heterocycles. The Labute approximate surface area is 103 Å². The first-order chi connectivity index (χ1) is 8.65. The van der Waals surface area contributed by atoms with Crippen LogP contribution in [0.2, 0.25) is 0 Å². The first-order valence-electron chi connectivity index (χ1n) is 6.01. The Balaban J connectivity index is 2.02. The zero-order valence-electron chi connectivity index (χ0n) is 10.1. The van der Waals surface area contributed by atoms with Gasteiger partial charge in [-0.3, -0.25) is 9.36 Å². The molecule has 5 heteroatoms.